The second-order valence-electron chi connectivity index (χ2n) is 7.11. The molecule has 1 aromatic heterocycles. The maximum Gasteiger partial charge on any atom is 0.324 e. The van der Waals surface area contributed by atoms with Crippen LogP contribution in [-0.4, -0.2) is 59.3 Å². The van der Waals surface area contributed by atoms with E-state index in [1.165, 1.54) is 17.0 Å². The molecule has 2 rings (SSSR count). The summed E-state index contributed by atoms with van der Waals surface area (Å²) < 4.78 is 0. The van der Waals surface area contributed by atoms with Gasteiger partial charge in [-0.3, -0.25) is 19.7 Å². The molecule has 1 aromatic rings. The molecule has 0 spiro atoms. The summed E-state index contributed by atoms with van der Waals surface area (Å²) in [5.41, 5.74) is 5.53. The van der Waals surface area contributed by atoms with Crippen molar-refractivity contribution in [3.63, 3.8) is 0 Å². The Morgan fingerprint density at radius 3 is 2.72 bits per heavy atom. The molecular formula is C16H24N4O4S. The smallest absolute Gasteiger partial charge is 0.324 e. The molecule has 138 valence electrons. The average Bonchev–Trinajstić information content (AvgIpc) is 3.22. The van der Waals surface area contributed by atoms with Crippen LogP contribution in [0.3, 0.4) is 0 Å². The summed E-state index contributed by atoms with van der Waals surface area (Å²) in [6.07, 6.45) is 1.34. The van der Waals surface area contributed by atoms with Gasteiger partial charge in [-0.05, 0) is 30.9 Å². The first-order valence-electron chi connectivity index (χ1n) is 8.16. The fourth-order valence-corrected chi connectivity index (χ4v) is 3.76. The van der Waals surface area contributed by atoms with E-state index in [4.69, 9.17) is 5.73 Å². The van der Waals surface area contributed by atoms with E-state index in [-0.39, 0.29) is 27.1 Å². The summed E-state index contributed by atoms with van der Waals surface area (Å²) >= 11 is 0.840. The Morgan fingerprint density at radius 1 is 1.48 bits per heavy atom. The molecule has 2 heterocycles. The van der Waals surface area contributed by atoms with E-state index in [0.29, 0.717) is 26.1 Å². The van der Waals surface area contributed by atoms with Crippen LogP contribution in [0.4, 0.5) is 5.00 Å². The fraction of sp³-hybridized carbons (Fsp3) is 0.625. The Morgan fingerprint density at radius 2 is 2.16 bits per heavy atom. The number of carbonyl (C=O) groups is 2. The molecule has 1 saturated heterocycles. The molecule has 0 bridgehead atoms. The van der Waals surface area contributed by atoms with Crippen LogP contribution >= 0.6 is 11.3 Å². The molecule has 8 nitrogen and oxygen atoms in total. The largest absolute Gasteiger partial charge is 0.343 e. The van der Waals surface area contributed by atoms with Crippen molar-refractivity contribution in [1.82, 2.24) is 9.80 Å². The molecular weight excluding hydrogens is 344 g/mol. The summed E-state index contributed by atoms with van der Waals surface area (Å²) in [5.74, 6) is -0.432. The molecule has 0 aromatic carbocycles. The van der Waals surface area contributed by atoms with Crippen molar-refractivity contribution in [2.75, 3.05) is 26.7 Å². The highest BCUT2D eigenvalue weighted by molar-refractivity contribution is 7.17. The van der Waals surface area contributed by atoms with Crippen molar-refractivity contribution >= 4 is 28.2 Å². The van der Waals surface area contributed by atoms with E-state index in [0.717, 1.165) is 17.8 Å². The van der Waals surface area contributed by atoms with Crippen molar-refractivity contribution in [3.05, 3.63) is 27.1 Å². The minimum absolute atomic E-state index is 0.0766. The van der Waals surface area contributed by atoms with Gasteiger partial charge in [0.05, 0.1) is 9.80 Å². The molecule has 2 N–H and O–H groups in total. The monoisotopic (exact) mass is 368 g/mol. The number of amides is 2. The van der Waals surface area contributed by atoms with Crippen molar-refractivity contribution in [3.8, 4) is 0 Å². The molecule has 1 fully saturated rings. The number of rotatable bonds is 6. The number of likely N-dealkylation sites (N-methyl/N-ethyl adjacent to an activating group) is 1. The summed E-state index contributed by atoms with van der Waals surface area (Å²) in [7, 11) is 1.72. The molecule has 1 unspecified atom stereocenters. The number of nitro groups is 1. The molecule has 1 atom stereocenters. The van der Waals surface area contributed by atoms with E-state index in [9.17, 15) is 19.7 Å². The van der Waals surface area contributed by atoms with Gasteiger partial charge in [0.1, 0.15) is 6.04 Å². The predicted molar refractivity (Wildman–Crippen MR) is 95.5 cm³/mol. The van der Waals surface area contributed by atoms with Gasteiger partial charge < -0.3 is 15.5 Å². The van der Waals surface area contributed by atoms with Crippen molar-refractivity contribution in [1.29, 1.82) is 0 Å². The van der Waals surface area contributed by atoms with Crippen LogP contribution in [0, 0.1) is 15.5 Å². The van der Waals surface area contributed by atoms with E-state index >= 15 is 0 Å². The van der Waals surface area contributed by atoms with Crippen LogP contribution < -0.4 is 5.73 Å². The molecule has 0 aliphatic carbocycles. The lowest BCUT2D eigenvalue weighted by Gasteiger charge is -2.33. The first-order valence-corrected chi connectivity index (χ1v) is 8.98. The minimum Gasteiger partial charge on any atom is -0.343 e. The number of likely N-dealkylation sites (tertiary alicyclic amines) is 1. The minimum atomic E-state index is -0.521. The normalized spacial score (nSPS) is 17.6. The average molecular weight is 368 g/mol. The lowest BCUT2D eigenvalue weighted by Crippen LogP contribution is -2.49. The lowest BCUT2D eigenvalue weighted by atomic mass is 9.93. The fourth-order valence-electron chi connectivity index (χ4n) is 2.99. The van der Waals surface area contributed by atoms with Gasteiger partial charge in [-0.1, -0.05) is 25.2 Å². The topological polar surface area (TPSA) is 110 Å². The Hall–Kier alpha value is -2.00. The zero-order chi connectivity index (χ0) is 18.8. The number of thiophene rings is 1. The quantitative estimate of drug-likeness (QED) is 0.607. The van der Waals surface area contributed by atoms with Crippen LogP contribution in [0.15, 0.2) is 12.1 Å². The van der Waals surface area contributed by atoms with Crippen LogP contribution in [0.5, 0.6) is 0 Å². The van der Waals surface area contributed by atoms with Crippen molar-refractivity contribution < 1.29 is 14.5 Å². The first kappa shape index (κ1) is 19.3. The van der Waals surface area contributed by atoms with Crippen LogP contribution in [-0.2, 0) is 4.79 Å². The number of hydrogen-bond acceptors (Lipinski definition) is 6. The molecule has 2 amide bonds. The van der Waals surface area contributed by atoms with E-state index < -0.39 is 11.0 Å². The summed E-state index contributed by atoms with van der Waals surface area (Å²) in [6, 6.07) is 2.25. The first-order chi connectivity index (χ1) is 11.7. The third-order valence-corrected chi connectivity index (χ3v) is 5.40. The third-order valence-electron chi connectivity index (χ3n) is 4.38. The Kier molecular flexibility index (Phi) is 5.79. The highest BCUT2D eigenvalue weighted by atomic mass is 32.1. The zero-order valence-corrected chi connectivity index (χ0v) is 15.5. The van der Waals surface area contributed by atoms with Crippen molar-refractivity contribution in [2.24, 2.45) is 11.1 Å². The SMILES string of the molecule is CN(CC(C)(C)CN)C(=O)C1CCCN1C(=O)c1ccc([N+](=O)[O-])s1. The van der Waals surface area contributed by atoms with E-state index in [1.54, 1.807) is 11.9 Å². The third kappa shape index (κ3) is 4.35. The molecule has 25 heavy (non-hydrogen) atoms. The highest BCUT2D eigenvalue weighted by Gasteiger charge is 2.37. The number of carbonyl (C=O) groups excluding carboxylic acids is 2. The van der Waals surface area contributed by atoms with Gasteiger partial charge in [-0.15, -0.1) is 0 Å². The second kappa shape index (κ2) is 7.49. The second-order valence-corrected chi connectivity index (χ2v) is 8.18. The number of nitrogens with zero attached hydrogens (tertiary/aromatic N) is 3. The summed E-state index contributed by atoms with van der Waals surface area (Å²) in [5, 5.41) is 10.7. The highest BCUT2D eigenvalue weighted by Crippen LogP contribution is 2.29. The van der Waals surface area contributed by atoms with Crippen molar-refractivity contribution in [2.45, 2.75) is 32.7 Å². The molecule has 0 saturated carbocycles. The van der Waals surface area contributed by atoms with Gasteiger partial charge in [0.25, 0.3) is 5.91 Å². The molecule has 1 aliphatic rings. The van der Waals surface area contributed by atoms with Gasteiger partial charge in [0, 0.05) is 26.2 Å². The Balaban J connectivity index is 2.11. The Bertz CT molecular complexity index is 673. The van der Waals surface area contributed by atoms with Gasteiger partial charge >= 0.3 is 5.00 Å². The van der Waals surface area contributed by atoms with E-state index in [2.05, 4.69) is 0 Å². The Labute approximate surface area is 150 Å². The summed E-state index contributed by atoms with van der Waals surface area (Å²) in [4.78, 5) is 39.2. The van der Waals surface area contributed by atoms with Crippen LogP contribution in [0.2, 0.25) is 0 Å². The van der Waals surface area contributed by atoms with Gasteiger partial charge in [0.15, 0.2) is 0 Å². The summed E-state index contributed by atoms with van der Waals surface area (Å²) in [6.45, 7) is 5.41. The molecule has 0 radical (unpaired) electrons. The van der Waals surface area contributed by atoms with Gasteiger partial charge in [-0.2, -0.15) is 0 Å². The predicted octanol–water partition coefficient (Wildman–Crippen LogP) is 1.70. The maximum atomic E-state index is 12.8. The van der Waals surface area contributed by atoms with Gasteiger partial charge in [0.2, 0.25) is 5.91 Å². The van der Waals surface area contributed by atoms with Crippen LogP contribution in [0.1, 0.15) is 36.4 Å². The van der Waals surface area contributed by atoms with Crippen LogP contribution in [0.25, 0.3) is 0 Å². The maximum absolute atomic E-state index is 12.8. The van der Waals surface area contributed by atoms with E-state index in [1.807, 2.05) is 13.8 Å². The standard InChI is InChI=1S/C16H24N4O4S/c1-16(2,9-17)10-18(3)14(21)11-5-4-8-19(11)15(22)12-6-7-13(25-12)20(23)24/h6-7,11H,4-5,8-10,17H2,1-3H3. The lowest BCUT2D eigenvalue weighted by molar-refractivity contribution is -0.380. The number of hydrogen-bond donors (Lipinski definition) is 1. The molecule has 9 heteroatoms. The zero-order valence-electron chi connectivity index (χ0n) is 14.7. The molecule has 1 aliphatic heterocycles. The van der Waals surface area contributed by atoms with Gasteiger partial charge in [-0.25, -0.2) is 0 Å². The number of nitrogens with two attached hydrogens (primary N) is 1.